The maximum atomic E-state index is 13.0. The number of nitrogens with zero attached hydrogens (tertiary/aromatic N) is 1. The maximum Gasteiger partial charge on any atom is 0.294 e. The number of ketones is 1. The number of hydrogen-bond donors (Lipinski definition) is 1. The van der Waals surface area contributed by atoms with E-state index in [0.717, 1.165) is 16.9 Å². The third kappa shape index (κ3) is 3.07. The van der Waals surface area contributed by atoms with Gasteiger partial charge < -0.3 is 5.11 Å². The van der Waals surface area contributed by atoms with Crippen molar-refractivity contribution in [2.75, 3.05) is 4.90 Å². The van der Waals surface area contributed by atoms with E-state index in [1.54, 1.807) is 20.8 Å². The molecule has 0 aliphatic carbocycles. The summed E-state index contributed by atoms with van der Waals surface area (Å²) in [5, 5.41) is 12.5. The van der Waals surface area contributed by atoms with E-state index in [2.05, 4.69) is 6.92 Å². The topological polar surface area (TPSA) is 57.6 Å². The normalized spacial score (nSPS) is 17.9. The molecule has 0 radical (unpaired) electrons. The van der Waals surface area contributed by atoms with E-state index in [4.69, 9.17) is 0 Å². The van der Waals surface area contributed by atoms with Gasteiger partial charge in [0.25, 0.3) is 5.91 Å². The molecule has 1 aliphatic rings. The lowest BCUT2D eigenvalue weighted by molar-refractivity contribution is -0.123. The first-order chi connectivity index (χ1) is 12.3. The minimum Gasteiger partial charge on any atom is -0.503 e. The Hall–Kier alpha value is -2.40. The lowest BCUT2D eigenvalue weighted by Gasteiger charge is -2.28. The molecule has 0 saturated heterocycles. The number of benzene rings is 1. The summed E-state index contributed by atoms with van der Waals surface area (Å²) in [5.41, 5.74) is 1.33. The Morgan fingerprint density at radius 2 is 1.85 bits per heavy atom. The van der Waals surface area contributed by atoms with Crippen LogP contribution in [-0.2, 0) is 16.0 Å². The molecular formula is C21H23NO3S. The van der Waals surface area contributed by atoms with Crippen LogP contribution >= 0.6 is 11.3 Å². The fraction of sp³-hybridized carbons (Fsp3) is 0.333. The first kappa shape index (κ1) is 18.4. The van der Waals surface area contributed by atoms with Crippen LogP contribution in [0.25, 0.3) is 0 Å². The van der Waals surface area contributed by atoms with Crippen molar-refractivity contribution in [1.82, 2.24) is 0 Å². The quantitative estimate of drug-likeness (QED) is 0.840. The van der Waals surface area contributed by atoms with E-state index in [1.807, 2.05) is 41.8 Å². The first-order valence-corrected chi connectivity index (χ1v) is 9.57. The van der Waals surface area contributed by atoms with Gasteiger partial charge in [-0.1, -0.05) is 45.9 Å². The molecule has 2 heterocycles. The predicted molar refractivity (Wildman–Crippen MR) is 104 cm³/mol. The average molecular weight is 369 g/mol. The van der Waals surface area contributed by atoms with Crippen LogP contribution in [0, 0.1) is 5.41 Å². The van der Waals surface area contributed by atoms with Gasteiger partial charge in [0.05, 0.1) is 5.57 Å². The number of anilines is 1. The largest absolute Gasteiger partial charge is 0.503 e. The van der Waals surface area contributed by atoms with Crippen molar-refractivity contribution in [3.8, 4) is 0 Å². The third-order valence-electron chi connectivity index (χ3n) is 4.57. The second-order valence-corrected chi connectivity index (χ2v) is 8.43. The second-order valence-electron chi connectivity index (χ2n) is 7.45. The van der Waals surface area contributed by atoms with E-state index in [9.17, 15) is 14.7 Å². The van der Waals surface area contributed by atoms with Crippen LogP contribution in [0.2, 0.25) is 0 Å². The van der Waals surface area contributed by atoms with E-state index >= 15 is 0 Å². The molecule has 1 aromatic carbocycles. The van der Waals surface area contributed by atoms with Gasteiger partial charge in [0.15, 0.2) is 11.5 Å². The molecule has 1 atom stereocenters. The van der Waals surface area contributed by atoms with Crippen LogP contribution in [0.15, 0.2) is 53.1 Å². The number of thiophene rings is 1. The SMILES string of the molecule is CCc1ccc(N2C(=O)C(O)=C(C(=O)C(C)(C)C)C2c2cccs2)cc1. The lowest BCUT2D eigenvalue weighted by atomic mass is 9.83. The summed E-state index contributed by atoms with van der Waals surface area (Å²) in [6.45, 7) is 7.46. The molecule has 0 spiro atoms. The van der Waals surface area contributed by atoms with Gasteiger partial charge in [-0.15, -0.1) is 11.3 Å². The molecule has 0 saturated carbocycles. The Kier molecular flexibility index (Phi) is 4.76. The number of rotatable bonds is 4. The zero-order chi connectivity index (χ0) is 19.1. The number of hydrogen-bond acceptors (Lipinski definition) is 4. The fourth-order valence-corrected chi connectivity index (χ4v) is 3.94. The molecule has 0 bridgehead atoms. The Labute approximate surface area is 157 Å². The molecule has 1 aliphatic heterocycles. The highest BCUT2D eigenvalue weighted by molar-refractivity contribution is 7.10. The van der Waals surface area contributed by atoms with Gasteiger partial charge in [-0.2, -0.15) is 0 Å². The molecule has 1 amide bonds. The van der Waals surface area contributed by atoms with Gasteiger partial charge in [-0.25, -0.2) is 0 Å². The number of aryl methyl sites for hydroxylation is 1. The molecule has 1 unspecified atom stereocenters. The lowest BCUT2D eigenvalue weighted by Crippen LogP contribution is -2.32. The minimum absolute atomic E-state index is 0.185. The van der Waals surface area contributed by atoms with E-state index in [1.165, 1.54) is 16.2 Å². The second kappa shape index (κ2) is 6.72. The third-order valence-corrected chi connectivity index (χ3v) is 5.49. The minimum atomic E-state index is -0.693. The van der Waals surface area contributed by atoms with Gasteiger partial charge >= 0.3 is 0 Å². The zero-order valence-electron chi connectivity index (χ0n) is 15.4. The number of Topliss-reactive ketones (excluding diaryl/α,β-unsaturated/α-hetero) is 1. The van der Waals surface area contributed by atoms with Gasteiger partial charge in [-0.05, 0) is 35.6 Å². The van der Waals surface area contributed by atoms with Crippen LogP contribution in [-0.4, -0.2) is 16.8 Å². The number of aliphatic hydroxyl groups is 1. The zero-order valence-corrected chi connectivity index (χ0v) is 16.3. The molecule has 4 nitrogen and oxygen atoms in total. The van der Waals surface area contributed by atoms with E-state index in [0.29, 0.717) is 5.69 Å². The van der Waals surface area contributed by atoms with Crippen molar-refractivity contribution >= 4 is 28.7 Å². The van der Waals surface area contributed by atoms with Crippen molar-refractivity contribution in [3.05, 3.63) is 63.6 Å². The average Bonchev–Trinajstić information content (AvgIpc) is 3.21. The van der Waals surface area contributed by atoms with E-state index < -0.39 is 23.1 Å². The highest BCUT2D eigenvalue weighted by Crippen LogP contribution is 2.44. The van der Waals surface area contributed by atoms with Gasteiger partial charge in [-0.3, -0.25) is 14.5 Å². The Balaban J connectivity index is 2.13. The van der Waals surface area contributed by atoms with Crippen molar-refractivity contribution in [3.63, 3.8) is 0 Å². The molecule has 0 fully saturated rings. The van der Waals surface area contributed by atoms with Crippen molar-refractivity contribution in [1.29, 1.82) is 0 Å². The summed E-state index contributed by atoms with van der Waals surface area (Å²) >= 11 is 1.47. The summed E-state index contributed by atoms with van der Waals surface area (Å²) in [5.74, 6) is -1.18. The summed E-state index contributed by atoms with van der Waals surface area (Å²) in [7, 11) is 0. The smallest absolute Gasteiger partial charge is 0.294 e. The number of carbonyl (C=O) groups excluding carboxylic acids is 2. The molecule has 26 heavy (non-hydrogen) atoms. The number of carbonyl (C=O) groups is 2. The van der Waals surface area contributed by atoms with Crippen molar-refractivity contribution < 1.29 is 14.7 Å². The highest BCUT2D eigenvalue weighted by Gasteiger charge is 2.47. The summed E-state index contributed by atoms with van der Waals surface area (Å²) in [6.07, 6.45) is 0.903. The first-order valence-electron chi connectivity index (χ1n) is 8.69. The Morgan fingerprint density at radius 1 is 1.19 bits per heavy atom. The Bertz CT molecular complexity index is 858. The van der Waals surface area contributed by atoms with Crippen LogP contribution in [0.5, 0.6) is 0 Å². The van der Waals surface area contributed by atoms with Gasteiger partial charge in [0.2, 0.25) is 0 Å². The summed E-state index contributed by atoms with van der Waals surface area (Å²) < 4.78 is 0. The molecule has 5 heteroatoms. The van der Waals surface area contributed by atoms with Crippen molar-refractivity contribution in [2.45, 2.75) is 40.2 Å². The fourth-order valence-electron chi connectivity index (χ4n) is 3.12. The predicted octanol–water partition coefficient (Wildman–Crippen LogP) is 4.83. The monoisotopic (exact) mass is 369 g/mol. The van der Waals surface area contributed by atoms with Crippen LogP contribution in [0.4, 0.5) is 5.69 Å². The molecule has 3 rings (SSSR count). The molecule has 2 aromatic rings. The molecular weight excluding hydrogens is 346 g/mol. The maximum absolute atomic E-state index is 13.0. The standard InChI is InChI=1S/C21H23NO3S/c1-5-13-8-10-14(11-9-13)22-17(15-7-6-12-26-15)16(18(23)20(22)25)19(24)21(2,3)4/h6-12,17,23H,5H2,1-4H3. The van der Waals surface area contributed by atoms with Gasteiger partial charge in [0, 0.05) is 16.0 Å². The number of aliphatic hydroxyl groups excluding tert-OH is 1. The van der Waals surface area contributed by atoms with Gasteiger partial charge in [0.1, 0.15) is 6.04 Å². The summed E-state index contributed by atoms with van der Waals surface area (Å²) in [4.78, 5) is 28.3. The summed E-state index contributed by atoms with van der Waals surface area (Å²) in [6, 6.07) is 10.9. The van der Waals surface area contributed by atoms with Crippen LogP contribution in [0.3, 0.4) is 0 Å². The number of amides is 1. The molecule has 136 valence electrons. The van der Waals surface area contributed by atoms with E-state index in [-0.39, 0.29) is 11.4 Å². The van der Waals surface area contributed by atoms with Crippen LogP contribution in [0.1, 0.15) is 44.2 Å². The molecule has 1 aromatic heterocycles. The highest BCUT2D eigenvalue weighted by atomic mass is 32.1. The van der Waals surface area contributed by atoms with Crippen molar-refractivity contribution in [2.24, 2.45) is 5.41 Å². The molecule has 1 N–H and O–H groups in total. The Morgan fingerprint density at radius 3 is 2.35 bits per heavy atom. The van der Waals surface area contributed by atoms with Crippen LogP contribution < -0.4 is 4.90 Å².